The van der Waals surface area contributed by atoms with Crippen molar-refractivity contribution >= 4 is 41.5 Å². The van der Waals surface area contributed by atoms with E-state index in [1.807, 2.05) is 0 Å². The number of anilines is 1. The second-order valence-electron chi connectivity index (χ2n) is 8.36. The molecule has 0 saturated carbocycles. The minimum Gasteiger partial charge on any atom is -0.493 e. The molecule has 0 bridgehead atoms. The van der Waals surface area contributed by atoms with Gasteiger partial charge in [0.25, 0.3) is 0 Å². The lowest BCUT2D eigenvalue weighted by Gasteiger charge is -2.30. The number of rotatable bonds is 12. The fourth-order valence-electron chi connectivity index (χ4n) is 3.91. The largest absolute Gasteiger partial charge is 0.493 e. The number of aromatic hydroxyl groups is 1. The van der Waals surface area contributed by atoms with Crippen LogP contribution in [0.25, 0.3) is 5.69 Å². The van der Waals surface area contributed by atoms with Gasteiger partial charge in [0.05, 0.1) is 23.8 Å². The van der Waals surface area contributed by atoms with E-state index in [-0.39, 0.29) is 27.6 Å². The molecule has 0 aliphatic carbocycles. The van der Waals surface area contributed by atoms with Gasteiger partial charge in [-0.25, -0.2) is 4.79 Å². The molecule has 12 nitrogen and oxygen atoms in total. The number of amides is 1. The fourth-order valence-corrected chi connectivity index (χ4v) is 4.22. The van der Waals surface area contributed by atoms with Gasteiger partial charge in [-0.15, -0.1) is 0 Å². The Balaban J connectivity index is 2.07. The van der Waals surface area contributed by atoms with Crippen LogP contribution in [0.2, 0.25) is 0 Å². The van der Waals surface area contributed by atoms with Gasteiger partial charge in [0.2, 0.25) is 11.8 Å². The van der Waals surface area contributed by atoms with Crippen LogP contribution in [-0.4, -0.2) is 67.1 Å². The van der Waals surface area contributed by atoms with E-state index in [0.29, 0.717) is 30.0 Å². The maximum atomic E-state index is 13.6. The number of carboxylic acids is 2. The average Bonchev–Trinajstić information content (AvgIpc) is 3.17. The van der Waals surface area contributed by atoms with Gasteiger partial charge in [0.15, 0.2) is 16.6 Å². The zero-order valence-corrected chi connectivity index (χ0v) is 20.9. The number of aromatic amines is 1. The molecular formula is C25H27N5O7S. The summed E-state index contributed by atoms with van der Waals surface area (Å²) in [4.78, 5) is 53.9. The third-order valence-corrected chi connectivity index (χ3v) is 5.97. The van der Waals surface area contributed by atoms with Crippen LogP contribution in [0.15, 0.2) is 54.6 Å². The summed E-state index contributed by atoms with van der Waals surface area (Å²) in [6.45, 7) is 0.401. The second kappa shape index (κ2) is 12.3. The molecule has 0 saturated heterocycles. The molecule has 0 radical (unpaired) electrons. The predicted molar refractivity (Wildman–Crippen MR) is 140 cm³/mol. The van der Waals surface area contributed by atoms with Crippen molar-refractivity contribution in [2.75, 3.05) is 11.4 Å². The van der Waals surface area contributed by atoms with Gasteiger partial charge in [-0.1, -0.05) is 30.3 Å². The summed E-state index contributed by atoms with van der Waals surface area (Å²) in [5, 5.41) is 29.8. The highest BCUT2D eigenvalue weighted by Crippen LogP contribution is 2.26. The molecule has 0 spiro atoms. The summed E-state index contributed by atoms with van der Waals surface area (Å²) in [6, 6.07) is 9.56. The number of hydrogen-bond donors (Lipinski definition) is 6. The van der Waals surface area contributed by atoms with Crippen LogP contribution >= 0.6 is 12.2 Å². The van der Waals surface area contributed by atoms with Gasteiger partial charge in [-0.05, 0) is 55.9 Å². The highest BCUT2D eigenvalue weighted by Gasteiger charge is 2.40. The number of nitrogens with zero attached hydrogens (tertiary/aromatic N) is 2. The Labute approximate surface area is 222 Å². The molecule has 13 heteroatoms. The van der Waals surface area contributed by atoms with Gasteiger partial charge < -0.3 is 31.8 Å². The summed E-state index contributed by atoms with van der Waals surface area (Å²) in [7, 11) is 0. The summed E-state index contributed by atoms with van der Waals surface area (Å²) in [5.41, 5.74) is 12.0. The van der Waals surface area contributed by atoms with E-state index < -0.39 is 42.1 Å². The Morgan fingerprint density at radius 1 is 1.05 bits per heavy atom. The first-order valence-electron chi connectivity index (χ1n) is 11.5. The number of imidazole rings is 1. The molecule has 0 fully saturated rings. The number of nitrogens with two attached hydrogens (primary N) is 2. The Hall–Kier alpha value is -4.33. The average molecular weight is 542 g/mol. The number of aryl methyl sites for hydroxylation is 1. The molecule has 1 heterocycles. The van der Waals surface area contributed by atoms with Gasteiger partial charge in [0, 0.05) is 11.3 Å². The molecule has 0 aliphatic heterocycles. The highest BCUT2D eigenvalue weighted by molar-refractivity contribution is 7.71. The van der Waals surface area contributed by atoms with Crippen molar-refractivity contribution in [1.82, 2.24) is 9.55 Å². The van der Waals surface area contributed by atoms with Gasteiger partial charge in [-0.2, -0.15) is 0 Å². The third-order valence-electron chi connectivity index (χ3n) is 5.69. The summed E-state index contributed by atoms with van der Waals surface area (Å²) in [6.07, 6.45) is 0.258. The van der Waals surface area contributed by atoms with E-state index in [9.17, 15) is 29.4 Å². The van der Waals surface area contributed by atoms with Gasteiger partial charge >= 0.3 is 11.9 Å². The lowest BCUT2D eigenvalue weighted by molar-refractivity contribution is -0.140. The van der Waals surface area contributed by atoms with Crippen molar-refractivity contribution in [3.63, 3.8) is 0 Å². The Morgan fingerprint density at radius 2 is 1.74 bits per heavy atom. The number of nitrogens with one attached hydrogen (secondary N) is 1. The predicted octanol–water partition coefficient (Wildman–Crippen LogP) is 1.60. The molecule has 1 aromatic heterocycles. The lowest BCUT2D eigenvalue weighted by atomic mass is 10.00. The summed E-state index contributed by atoms with van der Waals surface area (Å²) in [5.74, 6) is -5.21. The first-order valence-corrected chi connectivity index (χ1v) is 11.9. The molecule has 200 valence electrons. The SMILES string of the molecule is NCCCc1[nH]c(=S)n(-c2cccc(C(=O)[C@@H](C(=O)O)N(C(=O)[C@@H](N)CC(=O)O)c3ccccc3)c2)c1O. The van der Waals surface area contributed by atoms with E-state index in [1.54, 1.807) is 12.1 Å². The van der Waals surface area contributed by atoms with E-state index in [4.69, 9.17) is 28.8 Å². The van der Waals surface area contributed by atoms with Gasteiger partial charge in [0.1, 0.15) is 0 Å². The standard InChI is InChI=1S/C25H27N5O7S/c26-11-5-10-18-23(35)30(25(38)28-18)16-9-4-6-14(12-16)21(33)20(24(36)37)29(15-7-2-1-3-8-15)22(34)17(27)13-19(31)32/h1-4,6-9,12,17,20,35H,5,10-11,13,26-27H2,(H,28,38)(H,31,32)(H,36,37)/t17-,20-/m0/s1. The highest BCUT2D eigenvalue weighted by atomic mass is 32.1. The number of aliphatic carboxylic acids is 2. The molecule has 8 N–H and O–H groups in total. The number of aromatic nitrogens is 2. The minimum atomic E-state index is -2.06. The van der Waals surface area contributed by atoms with Crippen molar-refractivity contribution in [3.05, 3.63) is 70.6 Å². The Kier molecular flexibility index (Phi) is 9.12. The molecule has 2 atom stereocenters. The van der Waals surface area contributed by atoms with Crippen LogP contribution in [0.1, 0.15) is 28.9 Å². The van der Waals surface area contributed by atoms with Crippen LogP contribution in [0.3, 0.4) is 0 Å². The van der Waals surface area contributed by atoms with Gasteiger partial charge in [-0.3, -0.25) is 23.9 Å². The maximum absolute atomic E-state index is 13.6. The molecular weight excluding hydrogens is 514 g/mol. The van der Waals surface area contributed by atoms with Crippen molar-refractivity contribution in [2.45, 2.75) is 31.3 Å². The normalized spacial score (nSPS) is 12.5. The first-order chi connectivity index (χ1) is 18.1. The Bertz CT molecular complexity index is 1400. The van der Waals surface area contributed by atoms with E-state index in [1.165, 1.54) is 47.0 Å². The van der Waals surface area contributed by atoms with Crippen LogP contribution in [0.4, 0.5) is 5.69 Å². The summed E-state index contributed by atoms with van der Waals surface area (Å²) < 4.78 is 1.44. The second-order valence-corrected chi connectivity index (χ2v) is 8.75. The number of carbonyl (C=O) groups excluding carboxylic acids is 2. The number of carbonyl (C=O) groups is 4. The third kappa shape index (κ3) is 6.14. The van der Waals surface area contributed by atoms with Crippen LogP contribution in [0, 0.1) is 4.77 Å². The zero-order chi connectivity index (χ0) is 28.0. The fraction of sp³-hybridized carbons (Fsp3) is 0.240. The number of benzene rings is 2. The molecule has 1 amide bonds. The van der Waals surface area contributed by atoms with Crippen molar-refractivity contribution in [2.24, 2.45) is 11.5 Å². The quantitative estimate of drug-likeness (QED) is 0.111. The molecule has 3 aromatic rings. The molecule has 0 aliphatic rings. The number of carboxylic acid groups (broad SMARTS) is 2. The van der Waals surface area contributed by atoms with E-state index >= 15 is 0 Å². The van der Waals surface area contributed by atoms with Crippen LogP contribution in [0.5, 0.6) is 5.88 Å². The van der Waals surface area contributed by atoms with Crippen LogP contribution in [-0.2, 0) is 20.8 Å². The first kappa shape index (κ1) is 28.2. The topological polar surface area (TPSA) is 205 Å². The number of hydrogen-bond acceptors (Lipinski definition) is 8. The number of H-pyrrole nitrogens is 1. The van der Waals surface area contributed by atoms with E-state index in [0.717, 1.165) is 0 Å². The molecule has 2 aromatic carbocycles. The number of para-hydroxylation sites is 1. The number of ketones is 1. The number of Topliss-reactive ketones (excluding diaryl/α,β-unsaturated/α-hetero) is 1. The molecule has 0 unspecified atom stereocenters. The van der Waals surface area contributed by atoms with E-state index in [2.05, 4.69) is 4.98 Å². The lowest BCUT2D eigenvalue weighted by Crippen LogP contribution is -2.55. The smallest absolute Gasteiger partial charge is 0.335 e. The Morgan fingerprint density at radius 3 is 2.34 bits per heavy atom. The van der Waals surface area contributed by atoms with Crippen molar-refractivity contribution in [1.29, 1.82) is 0 Å². The zero-order valence-electron chi connectivity index (χ0n) is 20.1. The van der Waals surface area contributed by atoms with Crippen LogP contribution < -0.4 is 16.4 Å². The van der Waals surface area contributed by atoms with Crippen molar-refractivity contribution in [3.8, 4) is 11.6 Å². The minimum absolute atomic E-state index is 0.0466. The monoisotopic (exact) mass is 541 g/mol. The molecule has 38 heavy (non-hydrogen) atoms. The maximum Gasteiger partial charge on any atom is 0.335 e. The summed E-state index contributed by atoms with van der Waals surface area (Å²) >= 11 is 5.32. The van der Waals surface area contributed by atoms with Crippen molar-refractivity contribution < 1.29 is 34.5 Å². The molecule has 3 rings (SSSR count).